The van der Waals surface area contributed by atoms with E-state index in [0.29, 0.717) is 5.92 Å². The number of carboxylic acid groups (broad SMARTS) is 1. The number of nitrogens with zero attached hydrogens (tertiary/aromatic N) is 3. The fraction of sp³-hybridized carbons (Fsp3) is 0.706. The van der Waals surface area contributed by atoms with Gasteiger partial charge in [0.15, 0.2) is 0 Å². The molecule has 0 aromatic carbocycles. The van der Waals surface area contributed by atoms with E-state index in [1.165, 1.54) is 0 Å². The first-order chi connectivity index (χ1) is 12.1. The van der Waals surface area contributed by atoms with Gasteiger partial charge in [0, 0.05) is 43.0 Å². The zero-order valence-corrected chi connectivity index (χ0v) is 14.6. The first-order valence-corrected chi connectivity index (χ1v) is 9.07. The number of likely N-dealkylation sites (N-methyl/N-ethyl adjacent to an activating group) is 1. The topological polar surface area (TPSA) is 102 Å². The Morgan fingerprint density at radius 3 is 2.68 bits per heavy atom. The summed E-state index contributed by atoms with van der Waals surface area (Å²) < 4.78 is 0. The van der Waals surface area contributed by atoms with E-state index in [9.17, 15) is 9.59 Å². The van der Waals surface area contributed by atoms with E-state index in [0.717, 1.165) is 51.0 Å². The lowest BCUT2D eigenvalue weighted by Gasteiger charge is -2.43. The number of carboxylic acids is 1. The number of H-pyrrole nitrogens is 1. The maximum absolute atomic E-state index is 12.4. The number of hydrogen-bond donors (Lipinski definition) is 3. The minimum absolute atomic E-state index is 0.00722. The lowest BCUT2D eigenvalue weighted by atomic mass is 9.85. The zero-order chi connectivity index (χ0) is 17.8. The van der Waals surface area contributed by atoms with Gasteiger partial charge in [-0.15, -0.1) is 0 Å². The van der Waals surface area contributed by atoms with Crippen molar-refractivity contribution >= 4 is 12.0 Å². The summed E-state index contributed by atoms with van der Waals surface area (Å²) in [5.41, 5.74) is 1.15. The number of aromatic nitrogens is 2. The Morgan fingerprint density at radius 1 is 1.40 bits per heavy atom. The maximum Gasteiger partial charge on any atom is 0.317 e. The maximum atomic E-state index is 12.4. The van der Waals surface area contributed by atoms with Crippen molar-refractivity contribution in [2.24, 2.45) is 0 Å². The molecule has 0 atom stereocenters. The Kier molecular flexibility index (Phi) is 5.57. The van der Waals surface area contributed by atoms with E-state index < -0.39 is 5.97 Å². The van der Waals surface area contributed by atoms with Gasteiger partial charge in [0.1, 0.15) is 0 Å². The number of carbonyl (C=O) groups excluding carboxylic acids is 1. The molecule has 2 amide bonds. The Balaban J connectivity index is 1.39. The van der Waals surface area contributed by atoms with E-state index >= 15 is 0 Å². The summed E-state index contributed by atoms with van der Waals surface area (Å²) in [6.07, 6.45) is 5.33. The average molecular weight is 349 g/mol. The molecule has 0 spiro atoms. The molecule has 0 radical (unpaired) electrons. The normalized spacial score (nSPS) is 24.2. The highest BCUT2D eigenvalue weighted by Gasteiger charge is 2.35. The first kappa shape index (κ1) is 17.7. The smallest absolute Gasteiger partial charge is 0.317 e. The van der Waals surface area contributed by atoms with E-state index in [1.54, 1.807) is 6.20 Å². The second-order valence-corrected chi connectivity index (χ2v) is 7.00. The molecule has 1 aliphatic carbocycles. The summed E-state index contributed by atoms with van der Waals surface area (Å²) in [4.78, 5) is 27.1. The van der Waals surface area contributed by atoms with Gasteiger partial charge in [0.25, 0.3) is 0 Å². The molecule has 3 rings (SSSR count). The number of hydrogen-bond acceptors (Lipinski definition) is 4. The number of piperidine rings is 1. The van der Waals surface area contributed by atoms with Crippen molar-refractivity contribution in [1.82, 2.24) is 25.3 Å². The SMILES string of the molecule is CCN(CC(=O)O)C1CC(NC(=O)N2CCC(c3ccn[nH]3)CC2)C1. The largest absolute Gasteiger partial charge is 0.480 e. The van der Waals surface area contributed by atoms with E-state index in [4.69, 9.17) is 5.11 Å². The van der Waals surface area contributed by atoms with Crippen molar-refractivity contribution in [3.8, 4) is 0 Å². The average Bonchev–Trinajstić information content (AvgIpc) is 3.10. The van der Waals surface area contributed by atoms with Crippen molar-refractivity contribution < 1.29 is 14.7 Å². The third-order valence-corrected chi connectivity index (χ3v) is 5.45. The lowest BCUT2D eigenvalue weighted by Crippen LogP contribution is -2.57. The van der Waals surface area contributed by atoms with Gasteiger partial charge in [0.05, 0.1) is 6.54 Å². The van der Waals surface area contributed by atoms with E-state index in [-0.39, 0.29) is 24.7 Å². The van der Waals surface area contributed by atoms with Crippen molar-refractivity contribution in [2.45, 2.75) is 50.6 Å². The first-order valence-electron chi connectivity index (χ1n) is 9.07. The number of rotatable bonds is 6. The Morgan fingerprint density at radius 2 is 2.12 bits per heavy atom. The molecule has 0 bridgehead atoms. The summed E-state index contributed by atoms with van der Waals surface area (Å²) in [7, 11) is 0. The standard InChI is InChI=1S/C17H27N5O3/c1-2-21(11-16(23)24)14-9-13(10-14)19-17(25)22-7-4-12(5-8-22)15-3-6-18-20-15/h3,6,12-14H,2,4-5,7-11H2,1H3,(H,18,20)(H,19,25)(H,23,24). The number of aromatic amines is 1. The minimum Gasteiger partial charge on any atom is -0.480 e. The van der Waals surface area contributed by atoms with E-state index in [1.807, 2.05) is 22.8 Å². The fourth-order valence-electron chi connectivity index (χ4n) is 3.83. The Hall–Kier alpha value is -2.09. The monoisotopic (exact) mass is 349 g/mol. The van der Waals surface area contributed by atoms with Gasteiger partial charge in [-0.25, -0.2) is 4.79 Å². The van der Waals surface area contributed by atoms with Gasteiger partial charge in [0.2, 0.25) is 0 Å². The fourth-order valence-corrected chi connectivity index (χ4v) is 3.83. The summed E-state index contributed by atoms with van der Waals surface area (Å²) in [6, 6.07) is 2.43. The summed E-state index contributed by atoms with van der Waals surface area (Å²) in [5, 5.41) is 19.0. The summed E-state index contributed by atoms with van der Waals surface area (Å²) in [5.74, 6) is -0.344. The van der Waals surface area contributed by atoms with Crippen LogP contribution in [0.25, 0.3) is 0 Å². The molecular weight excluding hydrogens is 322 g/mol. The number of likely N-dealkylation sites (tertiary alicyclic amines) is 1. The van der Waals surface area contributed by atoms with Crippen LogP contribution in [0.15, 0.2) is 12.3 Å². The highest BCUT2D eigenvalue weighted by molar-refractivity contribution is 5.74. The van der Waals surface area contributed by atoms with Crippen molar-refractivity contribution in [3.63, 3.8) is 0 Å². The molecule has 25 heavy (non-hydrogen) atoms. The second kappa shape index (κ2) is 7.86. The Bertz CT molecular complexity index is 577. The number of carbonyl (C=O) groups is 2. The molecule has 2 heterocycles. The molecule has 8 heteroatoms. The van der Waals surface area contributed by atoms with Gasteiger partial charge in [-0.05, 0) is 38.3 Å². The molecule has 138 valence electrons. The van der Waals surface area contributed by atoms with Gasteiger partial charge in [-0.1, -0.05) is 6.92 Å². The summed E-state index contributed by atoms with van der Waals surface area (Å²) >= 11 is 0. The number of nitrogens with one attached hydrogen (secondary N) is 2. The molecule has 1 aliphatic heterocycles. The van der Waals surface area contributed by atoms with Crippen LogP contribution in [0, 0.1) is 0 Å². The third-order valence-electron chi connectivity index (χ3n) is 5.45. The Labute approximate surface area is 147 Å². The highest BCUT2D eigenvalue weighted by Crippen LogP contribution is 2.28. The van der Waals surface area contributed by atoms with Crippen LogP contribution < -0.4 is 5.32 Å². The van der Waals surface area contributed by atoms with Gasteiger partial charge in [-0.3, -0.25) is 14.8 Å². The van der Waals surface area contributed by atoms with Crippen molar-refractivity contribution in [2.75, 3.05) is 26.2 Å². The molecule has 1 saturated carbocycles. The molecule has 3 N–H and O–H groups in total. The van der Waals surface area contributed by atoms with Crippen LogP contribution in [-0.4, -0.2) is 75.4 Å². The third kappa shape index (κ3) is 4.31. The molecule has 2 aliphatic rings. The lowest BCUT2D eigenvalue weighted by molar-refractivity contribution is -0.139. The summed E-state index contributed by atoms with van der Waals surface area (Å²) in [6.45, 7) is 4.28. The molecule has 0 unspecified atom stereocenters. The molecule has 1 saturated heterocycles. The van der Waals surface area contributed by atoms with Crippen LogP contribution in [0.3, 0.4) is 0 Å². The number of aliphatic carboxylic acids is 1. The second-order valence-electron chi connectivity index (χ2n) is 7.00. The highest BCUT2D eigenvalue weighted by atomic mass is 16.4. The quantitative estimate of drug-likeness (QED) is 0.717. The van der Waals surface area contributed by atoms with Crippen LogP contribution >= 0.6 is 0 Å². The van der Waals surface area contributed by atoms with Crippen LogP contribution in [0.5, 0.6) is 0 Å². The number of urea groups is 1. The predicted molar refractivity (Wildman–Crippen MR) is 92.4 cm³/mol. The molecule has 8 nitrogen and oxygen atoms in total. The van der Waals surface area contributed by atoms with Crippen LogP contribution in [0.4, 0.5) is 4.79 Å². The van der Waals surface area contributed by atoms with Gasteiger partial charge < -0.3 is 15.3 Å². The number of amides is 2. The van der Waals surface area contributed by atoms with E-state index in [2.05, 4.69) is 15.5 Å². The van der Waals surface area contributed by atoms with Crippen LogP contribution in [-0.2, 0) is 4.79 Å². The molecule has 1 aromatic rings. The zero-order valence-electron chi connectivity index (χ0n) is 14.6. The van der Waals surface area contributed by atoms with Gasteiger partial charge in [-0.2, -0.15) is 5.10 Å². The van der Waals surface area contributed by atoms with Crippen LogP contribution in [0.1, 0.15) is 44.2 Å². The minimum atomic E-state index is -0.797. The van der Waals surface area contributed by atoms with Gasteiger partial charge >= 0.3 is 12.0 Å². The molecule has 2 fully saturated rings. The molecular formula is C17H27N5O3. The molecule has 1 aromatic heterocycles. The predicted octanol–water partition coefficient (Wildman–Crippen LogP) is 1.24. The van der Waals surface area contributed by atoms with Crippen molar-refractivity contribution in [3.05, 3.63) is 18.0 Å². The van der Waals surface area contributed by atoms with Crippen molar-refractivity contribution in [1.29, 1.82) is 0 Å². The van der Waals surface area contributed by atoms with Crippen LogP contribution in [0.2, 0.25) is 0 Å².